The number of rotatable bonds is 7. The van der Waals surface area contributed by atoms with Crippen molar-refractivity contribution in [2.45, 2.75) is 12.8 Å². The summed E-state index contributed by atoms with van der Waals surface area (Å²) in [6, 6.07) is 10.1. The van der Waals surface area contributed by atoms with Crippen molar-refractivity contribution < 1.29 is 18.8 Å². The van der Waals surface area contributed by atoms with Crippen LogP contribution in [0.4, 0.5) is 17.5 Å². The lowest BCUT2D eigenvalue weighted by molar-refractivity contribution is -0.384. The topological polar surface area (TPSA) is 153 Å². The standard InChI is InChI=1S/C22H21N5O5/c1-30-18-9-13(8-14-11-25-22(24)26-21(14)23)17-10-16(32-19(17)20(18)31-2)7-12-3-5-15(6-4-12)27(28)29/h3-6,9-11H,7-8H2,1-2H3,(H4,23,24,25,26). The second-order valence-corrected chi connectivity index (χ2v) is 7.14. The molecule has 10 nitrogen and oxygen atoms in total. The van der Waals surface area contributed by atoms with Crippen LogP contribution in [-0.2, 0) is 12.8 Å². The predicted molar refractivity (Wildman–Crippen MR) is 119 cm³/mol. The van der Waals surface area contributed by atoms with Gasteiger partial charge in [-0.05, 0) is 23.3 Å². The molecule has 0 saturated carbocycles. The molecule has 32 heavy (non-hydrogen) atoms. The normalized spacial score (nSPS) is 10.9. The largest absolute Gasteiger partial charge is 0.493 e. The lowest BCUT2D eigenvalue weighted by Gasteiger charge is -2.12. The number of aromatic nitrogens is 2. The highest BCUT2D eigenvalue weighted by atomic mass is 16.6. The Bertz CT molecular complexity index is 1300. The third-order valence-electron chi connectivity index (χ3n) is 5.11. The molecule has 0 aliphatic heterocycles. The number of nitro benzene ring substituents is 1. The summed E-state index contributed by atoms with van der Waals surface area (Å²) in [6.45, 7) is 0. The van der Waals surface area contributed by atoms with Crippen LogP contribution in [0.3, 0.4) is 0 Å². The number of nitro groups is 1. The SMILES string of the molecule is COc1cc(Cc2cnc(N)nc2N)c2cc(Cc3ccc([N+](=O)[O-])cc3)oc2c1OC. The zero-order valence-electron chi connectivity index (χ0n) is 17.5. The average molecular weight is 435 g/mol. The molecule has 0 aliphatic rings. The molecule has 0 fully saturated rings. The number of furan rings is 1. The van der Waals surface area contributed by atoms with Crippen LogP contribution in [0.1, 0.15) is 22.5 Å². The van der Waals surface area contributed by atoms with Crippen molar-refractivity contribution in [3.05, 3.63) is 75.2 Å². The number of nitrogen functional groups attached to an aromatic ring is 2. The Morgan fingerprint density at radius 2 is 1.81 bits per heavy atom. The molecule has 0 atom stereocenters. The van der Waals surface area contributed by atoms with Gasteiger partial charge in [-0.1, -0.05) is 12.1 Å². The first-order chi connectivity index (χ1) is 15.4. The molecular weight excluding hydrogens is 414 g/mol. The number of nitrogens with zero attached hydrogens (tertiary/aromatic N) is 3. The molecule has 10 heteroatoms. The summed E-state index contributed by atoms with van der Waals surface area (Å²) in [4.78, 5) is 18.5. The first-order valence-electron chi connectivity index (χ1n) is 9.66. The number of ether oxygens (including phenoxy) is 2. The van der Waals surface area contributed by atoms with E-state index in [2.05, 4.69) is 9.97 Å². The fraction of sp³-hybridized carbons (Fsp3) is 0.182. The van der Waals surface area contributed by atoms with Gasteiger partial charge in [0, 0.05) is 42.1 Å². The van der Waals surface area contributed by atoms with Gasteiger partial charge in [-0.2, -0.15) is 4.98 Å². The highest BCUT2D eigenvalue weighted by Crippen LogP contribution is 2.41. The first-order valence-corrected chi connectivity index (χ1v) is 9.66. The summed E-state index contributed by atoms with van der Waals surface area (Å²) in [5, 5.41) is 11.7. The Morgan fingerprint density at radius 1 is 1.06 bits per heavy atom. The van der Waals surface area contributed by atoms with Gasteiger partial charge in [0.05, 0.1) is 19.1 Å². The zero-order valence-corrected chi connectivity index (χ0v) is 17.5. The molecule has 0 unspecified atom stereocenters. The van der Waals surface area contributed by atoms with Crippen molar-refractivity contribution in [3.8, 4) is 11.5 Å². The third kappa shape index (κ3) is 3.97. The Labute approximate surface area is 182 Å². The Balaban J connectivity index is 1.76. The van der Waals surface area contributed by atoms with Crippen molar-refractivity contribution in [2.24, 2.45) is 0 Å². The van der Waals surface area contributed by atoms with Crippen molar-refractivity contribution in [1.82, 2.24) is 9.97 Å². The summed E-state index contributed by atoms with van der Waals surface area (Å²) in [5.74, 6) is 2.07. The second-order valence-electron chi connectivity index (χ2n) is 7.14. The molecule has 4 aromatic rings. The summed E-state index contributed by atoms with van der Waals surface area (Å²) in [7, 11) is 3.09. The molecule has 4 N–H and O–H groups in total. The molecule has 2 aromatic heterocycles. The maximum absolute atomic E-state index is 10.9. The third-order valence-corrected chi connectivity index (χ3v) is 5.11. The maximum atomic E-state index is 10.9. The highest BCUT2D eigenvalue weighted by Gasteiger charge is 2.20. The van der Waals surface area contributed by atoms with E-state index in [9.17, 15) is 10.1 Å². The van der Waals surface area contributed by atoms with Crippen molar-refractivity contribution >= 4 is 28.4 Å². The summed E-state index contributed by atoms with van der Waals surface area (Å²) in [6.07, 6.45) is 2.47. The minimum absolute atomic E-state index is 0.0374. The Morgan fingerprint density at radius 3 is 2.44 bits per heavy atom. The molecule has 0 bridgehead atoms. The first kappa shape index (κ1) is 20.9. The lowest BCUT2D eigenvalue weighted by atomic mass is 10.0. The molecule has 2 aromatic carbocycles. The Kier molecular flexibility index (Phi) is 5.50. The second kappa shape index (κ2) is 8.42. The van der Waals surface area contributed by atoms with Gasteiger partial charge < -0.3 is 25.4 Å². The van der Waals surface area contributed by atoms with E-state index in [0.717, 1.165) is 16.5 Å². The number of anilines is 2. The van der Waals surface area contributed by atoms with Gasteiger partial charge in [-0.25, -0.2) is 4.98 Å². The number of methoxy groups -OCH3 is 2. The molecule has 4 rings (SSSR count). The zero-order chi connectivity index (χ0) is 22.8. The van der Waals surface area contributed by atoms with Crippen molar-refractivity contribution in [1.29, 1.82) is 0 Å². The molecule has 0 aliphatic carbocycles. The van der Waals surface area contributed by atoms with Gasteiger partial charge in [-0.3, -0.25) is 10.1 Å². The van der Waals surface area contributed by atoms with E-state index < -0.39 is 4.92 Å². The summed E-state index contributed by atoms with van der Waals surface area (Å²) in [5.41, 5.74) is 14.7. The number of nitrogens with two attached hydrogens (primary N) is 2. The molecule has 0 saturated heterocycles. The molecule has 0 amide bonds. The van der Waals surface area contributed by atoms with Crippen molar-refractivity contribution in [2.75, 3.05) is 25.7 Å². The minimum Gasteiger partial charge on any atom is -0.493 e. The van der Waals surface area contributed by atoms with Crippen LogP contribution in [0.2, 0.25) is 0 Å². The van der Waals surface area contributed by atoms with Gasteiger partial charge in [0.25, 0.3) is 5.69 Å². The van der Waals surface area contributed by atoms with E-state index in [0.29, 0.717) is 47.1 Å². The van der Waals surface area contributed by atoms with E-state index in [4.69, 9.17) is 25.4 Å². The van der Waals surface area contributed by atoms with Crippen LogP contribution in [0.25, 0.3) is 11.0 Å². The number of non-ortho nitro benzene ring substituents is 1. The predicted octanol–water partition coefficient (Wildman–Crippen LogP) is 3.49. The van der Waals surface area contributed by atoms with Crippen LogP contribution in [-0.4, -0.2) is 29.1 Å². The number of fused-ring (bicyclic) bond motifs is 1. The van der Waals surface area contributed by atoms with E-state index in [1.54, 1.807) is 32.5 Å². The van der Waals surface area contributed by atoms with Crippen LogP contribution < -0.4 is 20.9 Å². The maximum Gasteiger partial charge on any atom is 0.269 e. The van der Waals surface area contributed by atoms with Crippen LogP contribution in [0, 0.1) is 10.1 Å². The molecule has 2 heterocycles. The fourth-order valence-corrected chi connectivity index (χ4v) is 3.55. The molecule has 0 spiro atoms. The quantitative estimate of drug-likeness (QED) is 0.328. The molecule has 0 radical (unpaired) electrons. The number of hydrogen-bond donors (Lipinski definition) is 2. The highest BCUT2D eigenvalue weighted by molar-refractivity contribution is 5.90. The minimum atomic E-state index is -0.430. The van der Waals surface area contributed by atoms with Crippen LogP contribution in [0.15, 0.2) is 47.0 Å². The monoisotopic (exact) mass is 435 g/mol. The van der Waals surface area contributed by atoms with Gasteiger partial charge in [0.2, 0.25) is 11.7 Å². The summed E-state index contributed by atoms with van der Waals surface area (Å²) < 4.78 is 17.2. The molecule has 164 valence electrons. The number of benzene rings is 2. The van der Waals surface area contributed by atoms with E-state index in [1.807, 2.05) is 12.1 Å². The lowest BCUT2D eigenvalue weighted by Crippen LogP contribution is -2.04. The van der Waals surface area contributed by atoms with Crippen molar-refractivity contribution in [3.63, 3.8) is 0 Å². The summed E-state index contributed by atoms with van der Waals surface area (Å²) >= 11 is 0. The van der Waals surface area contributed by atoms with E-state index >= 15 is 0 Å². The van der Waals surface area contributed by atoms with Crippen LogP contribution >= 0.6 is 0 Å². The van der Waals surface area contributed by atoms with Gasteiger partial charge in [0.15, 0.2) is 11.3 Å². The van der Waals surface area contributed by atoms with Gasteiger partial charge >= 0.3 is 0 Å². The smallest absolute Gasteiger partial charge is 0.269 e. The fourth-order valence-electron chi connectivity index (χ4n) is 3.55. The van der Waals surface area contributed by atoms with Gasteiger partial charge in [-0.15, -0.1) is 0 Å². The van der Waals surface area contributed by atoms with Gasteiger partial charge in [0.1, 0.15) is 11.6 Å². The van der Waals surface area contributed by atoms with E-state index in [-0.39, 0.29) is 11.6 Å². The Hall–Kier alpha value is -4.34. The van der Waals surface area contributed by atoms with Crippen LogP contribution in [0.5, 0.6) is 11.5 Å². The average Bonchev–Trinajstić information content (AvgIpc) is 3.19. The van der Waals surface area contributed by atoms with E-state index in [1.165, 1.54) is 12.1 Å². The molecular formula is C22H21N5O5. The number of hydrogen-bond acceptors (Lipinski definition) is 9.